The molecule has 0 spiro atoms. The molecular weight excluding hydrogens is 580 g/mol. The zero-order valence-corrected chi connectivity index (χ0v) is 22.0. The van der Waals surface area contributed by atoms with Gasteiger partial charge < -0.3 is 70.4 Å². The van der Waals surface area contributed by atoms with Gasteiger partial charge in [-0.05, 0) is 18.2 Å². The number of phenolic OH excluding ortho intramolecular Hbond substituents is 1. The van der Waals surface area contributed by atoms with Crippen LogP contribution in [0.5, 0.6) is 11.5 Å². The van der Waals surface area contributed by atoms with Gasteiger partial charge in [0.15, 0.2) is 0 Å². The summed E-state index contributed by atoms with van der Waals surface area (Å²) in [5.41, 5.74) is -5.48. The molecule has 2 fully saturated rings. The molecule has 3 aliphatic rings. The third kappa shape index (κ3) is 4.77. The largest absolute Gasteiger partial charge is 0.507 e. The summed E-state index contributed by atoms with van der Waals surface area (Å²) < 4.78 is 16.7. The van der Waals surface area contributed by atoms with E-state index in [0.29, 0.717) is 0 Å². The highest BCUT2D eigenvalue weighted by Crippen LogP contribution is 2.50. The van der Waals surface area contributed by atoms with E-state index in [-0.39, 0.29) is 0 Å². The fourth-order valence-electron chi connectivity index (χ4n) is 5.78. The molecule has 0 amide bonds. The number of carboxylic acid groups (broad SMARTS) is 1. The zero-order valence-electron chi connectivity index (χ0n) is 22.0. The van der Waals surface area contributed by atoms with Crippen LogP contribution in [0.2, 0.25) is 0 Å². The predicted octanol–water partition coefficient (Wildman–Crippen LogP) is -4.11. The highest BCUT2D eigenvalue weighted by atomic mass is 16.7. The van der Waals surface area contributed by atoms with E-state index in [9.17, 15) is 65.8 Å². The molecule has 0 unspecified atom stereocenters. The number of aliphatic hydroxyl groups is 9. The first kappa shape index (κ1) is 31.2. The van der Waals surface area contributed by atoms with Crippen molar-refractivity contribution >= 4 is 11.8 Å². The third-order valence-corrected chi connectivity index (χ3v) is 8.06. The molecule has 0 bridgehead atoms. The average molecular weight is 611 g/mol. The normalized spacial score (nSPS) is 37.4. The minimum atomic E-state index is -2.77. The zero-order chi connectivity index (χ0) is 31.5. The first-order chi connectivity index (χ1) is 20.3. The smallest absolute Gasteiger partial charge is 0.335 e. The number of hydrogen-bond donors (Lipinski definition) is 11. The van der Waals surface area contributed by atoms with Crippen molar-refractivity contribution in [2.45, 2.75) is 66.8 Å². The second-order valence-electron chi connectivity index (χ2n) is 10.6. The van der Waals surface area contributed by atoms with Crippen LogP contribution in [0.15, 0.2) is 30.3 Å². The second kappa shape index (κ2) is 11.3. The number of hydrogen-bond acceptors (Lipinski definition) is 15. The first-order valence-corrected chi connectivity index (χ1v) is 13.1. The summed E-state index contributed by atoms with van der Waals surface area (Å²) in [6, 6.07) is 5.18. The van der Waals surface area contributed by atoms with Gasteiger partial charge in [0.25, 0.3) is 0 Å². The van der Waals surface area contributed by atoms with Gasteiger partial charge in [0, 0.05) is 11.1 Å². The minimum Gasteiger partial charge on any atom is -0.507 e. The van der Waals surface area contributed by atoms with Crippen molar-refractivity contribution in [1.82, 2.24) is 0 Å². The number of aromatic carboxylic acids is 1. The van der Waals surface area contributed by atoms with Gasteiger partial charge in [0.2, 0.25) is 12.1 Å². The molecule has 2 saturated heterocycles. The number of carbonyl (C=O) groups is 2. The van der Waals surface area contributed by atoms with Gasteiger partial charge in [-0.15, -0.1) is 0 Å². The van der Waals surface area contributed by atoms with Gasteiger partial charge in [0.1, 0.15) is 72.0 Å². The molecule has 0 aromatic heterocycles. The number of aromatic hydroxyl groups is 1. The van der Waals surface area contributed by atoms with Crippen molar-refractivity contribution in [2.24, 2.45) is 0 Å². The Bertz CT molecular complexity index is 1410. The minimum absolute atomic E-state index is 0.404. The molecule has 234 valence electrons. The maximum Gasteiger partial charge on any atom is 0.335 e. The summed E-state index contributed by atoms with van der Waals surface area (Å²) in [5.74, 6) is -3.93. The lowest BCUT2D eigenvalue weighted by Gasteiger charge is -2.49. The predicted molar refractivity (Wildman–Crippen MR) is 136 cm³/mol. The molecule has 2 aromatic carbocycles. The van der Waals surface area contributed by atoms with Crippen molar-refractivity contribution < 1.29 is 80.0 Å². The molecule has 5 rings (SSSR count). The Kier molecular flexibility index (Phi) is 8.22. The summed E-state index contributed by atoms with van der Waals surface area (Å²) in [6.07, 6.45) is -18.2. The lowest BCUT2D eigenvalue weighted by Crippen LogP contribution is -2.65. The van der Waals surface area contributed by atoms with Crippen LogP contribution in [0.1, 0.15) is 37.4 Å². The van der Waals surface area contributed by atoms with E-state index >= 15 is 0 Å². The van der Waals surface area contributed by atoms with Gasteiger partial charge in [-0.2, -0.15) is 0 Å². The van der Waals surface area contributed by atoms with Crippen LogP contribution >= 0.6 is 0 Å². The number of carbonyl (C=O) groups excluding carboxylic acids is 1. The Hall–Kier alpha value is -3.26. The molecular formula is C27H30O16. The lowest BCUT2D eigenvalue weighted by atomic mass is 9.68. The Morgan fingerprint density at radius 1 is 0.814 bits per heavy atom. The monoisotopic (exact) mass is 610 g/mol. The highest BCUT2D eigenvalue weighted by Gasteiger charge is 2.58. The maximum atomic E-state index is 13.9. The molecule has 0 saturated carbocycles. The van der Waals surface area contributed by atoms with Crippen LogP contribution in [-0.2, 0) is 15.1 Å². The number of ether oxygens (including phenoxy) is 3. The van der Waals surface area contributed by atoms with Gasteiger partial charge in [0.05, 0.1) is 29.9 Å². The quantitative estimate of drug-likeness (QED) is 0.148. The number of phenols is 1. The lowest BCUT2D eigenvalue weighted by molar-refractivity contribution is -0.277. The fourth-order valence-corrected chi connectivity index (χ4v) is 5.78. The number of carboxylic acids is 1. The van der Waals surface area contributed by atoms with Crippen molar-refractivity contribution in [2.75, 3.05) is 13.2 Å². The number of ketones is 1. The summed E-state index contributed by atoms with van der Waals surface area (Å²) in [5, 5.41) is 115. The molecule has 11 N–H and O–H groups in total. The molecule has 1 aliphatic carbocycles. The molecule has 0 radical (unpaired) electrons. The second-order valence-corrected chi connectivity index (χ2v) is 10.6. The molecule has 16 nitrogen and oxygen atoms in total. The average Bonchev–Trinajstić information content (AvgIpc) is 2.98. The molecule has 16 heteroatoms. The number of benzene rings is 2. The first-order valence-electron chi connectivity index (χ1n) is 13.1. The van der Waals surface area contributed by atoms with Crippen LogP contribution < -0.4 is 4.74 Å². The van der Waals surface area contributed by atoms with E-state index < -0.39 is 131 Å². The Labute approximate surface area is 241 Å². The van der Waals surface area contributed by atoms with Crippen molar-refractivity contribution in [3.05, 3.63) is 58.1 Å². The van der Waals surface area contributed by atoms with Crippen LogP contribution in [0.4, 0.5) is 0 Å². The SMILES string of the molecule is O=C(O)c1cc(O)c2c(c1)[C@](O)([C@@H]1O[C@H](CO)[C@@H](O)[C@H](O)[C@H]1O)c1cccc(O[C@@H]3O[C@H](CO)[C@@H](O)[C@H](O)[C@H]3O)c1C2=O. The standard InChI is InChI=1S/C27H30O16/c28-6-13-17(31)20(34)22(36)24(41-13)27(40)9-2-1-3-12(42-26-23(37)21(35)18(32)14(7-29)43-26)16(9)19(33)15-10(27)4-8(25(38)39)5-11(15)30/h1-5,13-14,17-18,20-24,26,28-32,34-37,40H,6-7H2,(H,38,39)/t13-,14-,17-,18-,20+,21+,22-,23-,24-,26-,27+/m1/s1. The molecule has 11 atom stereocenters. The van der Waals surface area contributed by atoms with Crippen LogP contribution in [-0.4, -0.2) is 142 Å². The molecule has 2 aromatic rings. The Morgan fingerprint density at radius 2 is 1.42 bits per heavy atom. The third-order valence-electron chi connectivity index (χ3n) is 8.06. The van der Waals surface area contributed by atoms with Gasteiger partial charge >= 0.3 is 5.97 Å². The van der Waals surface area contributed by atoms with Crippen molar-refractivity contribution in [3.8, 4) is 11.5 Å². The number of fused-ring (bicyclic) bond motifs is 2. The number of aliphatic hydroxyl groups excluding tert-OH is 8. The fraction of sp³-hybridized carbons (Fsp3) is 0.481. The summed E-state index contributed by atoms with van der Waals surface area (Å²) in [7, 11) is 0. The summed E-state index contributed by atoms with van der Waals surface area (Å²) in [4.78, 5) is 25.8. The topological polar surface area (TPSA) is 284 Å². The van der Waals surface area contributed by atoms with Crippen molar-refractivity contribution in [1.29, 1.82) is 0 Å². The maximum absolute atomic E-state index is 13.9. The van der Waals surface area contributed by atoms with Crippen LogP contribution in [0.25, 0.3) is 0 Å². The van der Waals surface area contributed by atoms with Crippen molar-refractivity contribution in [3.63, 3.8) is 0 Å². The Balaban J connectivity index is 1.71. The van der Waals surface area contributed by atoms with E-state index in [0.717, 1.165) is 12.1 Å². The highest BCUT2D eigenvalue weighted by molar-refractivity contribution is 6.16. The molecule has 2 heterocycles. The van der Waals surface area contributed by atoms with E-state index in [1.807, 2.05) is 0 Å². The van der Waals surface area contributed by atoms with E-state index in [2.05, 4.69) is 0 Å². The number of rotatable bonds is 6. The van der Waals surface area contributed by atoms with E-state index in [1.165, 1.54) is 18.2 Å². The van der Waals surface area contributed by atoms with Gasteiger partial charge in [-0.1, -0.05) is 12.1 Å². The van der Waals surface area contributed by atoms with Crippen LogP contribution in [0, 0.1) is 0 Å². The van der Waals surface area contributed by atoms with E-state index in [1.54, 1.807) is 0 Å². The van der Waals surface area contributed by atoms with Crippen LogP contribution in [0.3, 0.4) is 0 Å². The summed E-state index contributed by atoms with van der Waals surface area (Å²) in [6.45, 7) is -1.68. The molecule has 2 aliphatic heterocycles. The van der Waals surface area contributed by atoms with Gasteiger partial charge in [-0.25, -0.2) is 4.79 Å². The van der Waals surface area contributed by atoms with E-state index in [4.69, 9.17) is 14.2 Å². The molecule has 43 heavy (non-hydrogen) atoms. The Morgan fingerprint density at radius 3 is 2.02 bits per heavy atom. The van der Waals surface area contributed by atoms with Gasteiger partial charge in [-0.3, -0.25) is 4.79 Å². The summed E-state index contributed by atoms with van der Waals surface area (Å²) >= 11 is 0.